The summed E-state index contributed by atoms with van der Waals surface area (Å²) in [4.78, 5) is 23.7. The summed E-state index contributed by atoms with van der Waals surface area (Å²) in [6.07, 6.45) is 0. The first-order valence-corrected chi connectivity index (χ1v) is 9.02. The molecule has 0 saturated heterocycles. The van der Waals surface area contributed by atoms with Crippen molar-refractivity contribution in [1.82, 2.24) is 0 Å². The molecule has 0 unspecified atom stereocenters. The fourth-order valence-electron chi connectivity index (χ4n) is 2.60. The Morgan fingerprint density at radius 1 is 0.786 bits per heavy atom. The normalized spacial score (nSPS) is 11.4. The summed E-state index contributed by atoms with van der Waals surface area (Å²) in [5, 5.41) is 6.00. The number of Topliss-reactive ketones (excluding diaryl/α,β-unsaturated/α-hetero) is 1. The van der Waals surface area contributed by atoms with Crippen LogP contribution < -0.4 is 15.4 Å². The maximum absolute atomic E-state index is 12.4. The highest BCUT2D eigenvalue weighted by molar-refractivity contribution is 5.97. The van der Waals surface area contributed by atoms with E-state index in [0.29, 0.717) is 11.3 Å². The lowest BCUT2D eigenvalue weighted by atomic mass is 10.1. The van der Waals surface area contributed by atoms with Crippen molar-refractivity contribution in [2.45, 2.75) is 19.9 Å². The summed E-state index contributed by atoms with van der Waals surface area (Å²) in [5.74, 6) is 1.32. The van der Waals surface area contributed by atoms with Crippen molar-refractivity contribution in [1.29, 1.82) is 0 Å². The predicted molar refractivity (Wildman–Crippen MR) is 111 cm³/mol. The summed E-state index contributed by atoms with van der Waals surface area (Å²) in [6.45, 7) is 3.30. The van der Waals surface area contributed by atoms with Crippen LogP contribution in [-0.2, 0) is 4.79 Å². The zero-order valence-electron chi connectivity index (χ0n) is 15.8. The Kier molecular flexibility index (Phi) is 6.07. The maximum Gasteiger partial charge on any atom is 0.246 e. The van der Waals surface area contributed by atoms with E-state index in [2.05, 4.69) is 10.6 Å². The minimum atomic E-state index is -0.437. The molecule has 1 atom stereocenters. The van der Waals surface area contributed by atoms with Gasteiger partial charge in [-0.3, -0.25) is 9.59 Å². The molecule has 0 aliphatic heterocycles. The number of carbonyl (C=O) groups excluding carboxylic acids is 2. The molecule has 5 nitrogen and oxygen atoms in total. The van der Waals surface area contributed by atoms with Crippen LogP contribution in [0.1, 0.15) is 24.2 Å². The van der Waals surface area contributed by atoms with Crippen molar-refractivity contribution >= 4 is 23.1 Å². The fourth-order valence-corrected chi connectivity index (χ4v) is 2.60. The number of carbonyl (C=O) groups is 2. The van der Waals surface area contributed by atoms with Gasteiger partial charge in [0.25, 0.3) is 0 Å². The second-order valence-electron chi connectivity index (χ2n) is 6.43. The second-order valence-corrected chi connectivity index (χ2v) is 6.43. The number of benzene rings is 3. The van der Waals surface area contributed by atoms with E-state index in [-0.39, 0.29) is 11.7 Å². The largest absolute Gasteiger partial charge is 0.457 e. The highest BCUT2D eigenvalue weighted by Gasteiger charge is 2.13. The number of amides is 1. The Morgan fingerprint density at radius 3 is 1.96 bits per heavy atom. The zero-order chi connectivity index (χ0) is 19.9. The van der Waals surface area contributed by atoms with Crippen LogP contribution in [0, 0.1) is 0 Å². The van der Waals surface area contributed by atoms with Crippen LogP contribution in [0.15, 0.2) is 78.9 Å². The molecule has 5 heteroatoms. The van der Waals surface area contributed by atoms with Crippen LogP contribution in [0.5, 0.6) is 11.5 Å². The number of rotatable bonds is 7. The number of nitrogens with one attached hydrogen (secondary N) is 2. The van der Waals surface area contributed by atoms with Gasteiger partial charge < -0.3 is 15.4 Å². The molecule has 1 amide bonds. The number of para-hydroxylation sites is 1. The van der Waals surface area contributed by atoms with E-state index in [1.165, 1.54) is 6.92 Å². The van der Waals surface area contributed by atoms with Crippen LogP contribution in [0.2, 0.25) is 0 Å². The molecule has 28 heavy (non-hydrogen) atoms. The van der Waals surface area contributed by atoms with Crippen LogP contribution in [0.25, 0.3) is 0 Å². The molecule has 3 aromatic rings. The standard InChI is InChI=1S/C23H22N2O3/c1-16(23(27)25-20-10-8-18(9-11-20)17(2)26)24-19-12-14-22(15-13-19)28-21-6-4-3-5-7-21/h3-16,24H,1-2H3,(H,25,27)/t16-/m0/s1. The van der Waals surface area contributed by atoms with Crippen LogP contribution in [-0.4, -0.2) is 17.7 Å². The Balaban J connectivity index is 1.55. The van der Waals surface area contributed by atoms with Crippen LogP contribution in [0.3, 0.4) is 0 Å². The highest BCUT2D eigenvalue weighted by Crippen LogP contribution is 2.23. The highest BCUT2D eigenvalue weighted by atomic mass is 16.5. The molecule has 0 saturated carbocycles. The van der Waals surface area contributed by atoms with E-state index in [1.54, 1.807) is 31.2 Å². The lowest BCUT2D eigenvalue weighted by molar-refractivity contribution is -0.116. The monoisotopic (exact) mass is 374 g/mol. The van der Waals surface area contributed by atoms with E-state index in [1.807, 2.05) is 54.6 Å². The predicted octanol–water partition coefficient (Wildman–Crippen LogP) is 5.12. The first-order valence-electron chi connectivity index (χ1n) is 9.02. The molecule has 0 fully saturated rings. The average Bonchev–Trinajstić information content (AvgIpc) is 2.70. The van der Waals surface area contributed by atoms with Gasteiger partial charge in [-0.25, -0.2) is 0 Å². The maximum atomic E-state index is 12.4. The van der Waals surface area contributed by atoms with Crippen molar-refractivity contribution in [2.75, 3.05) is 10.6 Å². The first kappa shape index (κ1) is 19.2. The minimum Gasteiger partial charge on any atom is -0.457 e. The lowest BCUT2D eigenvalue weighted by Gasteiger charge is -2.16. The molecule has 0 spiro atoms. The Labute approximate surface area is 164 Å². The zero-order valence-corrected chi connectivity index (χ0v) is 15.8. The van der Waals surface area contributed by atoms with Gasteiger partial charge in [0.05, 0.1) is 0 Å². The average molecular weight is 374 g/mol. The van der Waals surface area contributed by atoms with Gasteiger partial charge in [-0.2, -0.15) is 0 Å². The quantitative estimate of drug-likeness (QED) is 0.563. The van der Waals surface area contributed by atoms with Gasteiger partial charge in [0, 0.05) is 16.9 Å². The summed E-state index contributed by atoms with van der Waals surface area (Å²) in [7, 11) is 0. The smallest absolute Gasteiger partial charge is 0.246 e. The van der Waals surface area contributed by atoms with Crippen LogP contribution in [0.4, 0.5) is 11.4 Å². The minimum absolute atomic E-state index is 0.00685. The van der Waals surface area contributed by atoms with Gasteiger partial charge >= 0.3 is 0 Å². The fraction of sp³-hybridized carbons (Fsp3) is 0.130. The van der Waals surface area contributed by atoms with E-state index in [0.717, 1.165) is 17.2 Å². The van der Waals surface area contributed by atoms with Gasteiger partial charge in [0.1, 0.15) is 17.5 Å². The van der Waals surface area contributed by atoms with E-state index >= 15 is 0 Å². The van der Waals surface area contributed by atoms with Crippen molar-refractivity contribution in [2.24, 2.45) is 0 Å². The molecule has 0 aliphatic carbocycles. The van der Waals surface area contributed by atoms with E-state index in [4.69, 9.17) is 4.74 Å². The van der Waals surface area contributed by atoms with Crippen molar-refractivity contribution in [3.8, 4) is 11.5 Å². The van der Waals surface area contributed by atoms with Gasteiger partial charge in [0.15, 0.2) is 5.78 Å². The molecule has 3 rings (SSSR count). The summed E-state index contributed by atoms with van der Waals surface area (Å²) in [5.41, 5.74) is 2.08. The van der Waals surface area contributed by atoms with Crippen molar-refractivity contribution in [3.63, 3.8) is 0 Å². The number of ketones is 1. The number of hydrogen-bond donors (Lipinski definition) is 2. The third kappa shape index (κ3) is 5.20. The van der Waals surface area contributed by atoms with Gasteiger partial charge in [-0.05, 0) is 74.5 Å². The van der Waals surface area contributed by atoms with Crippen molar-refractivity contribution in [3.05, 3.63) is 84.4 Å². The summed E-state index contributed by atoms with van der Waals surface area (Å²) >= 11 is 0. The van der Waals surface area contributed by atoms with Gasteiger partial charge in [-0.1, -0.05) is 18.2 Å². The Morgan fingerprint density at radius 2 is 1.36 bits per heavy atom. The molecular weight excluding hydrogens is 352 g/mol. The summed E-state index contributed by atoms with van der Waals surface area (Å²) in [6, 6.07) is 23.4. The number of anilines is 2. The molecular formula is C23H22N2O3. The van der Waals surface area contributed by atoms with Crippen molar-refractivity contribution < 1.29 is 14.3 Å². The Hall–Kier alpha value is -3.60. The van der Waals surface area contributed by atoms with E-state index < -0.39 is 6.04 Å². The molecule has 142 valence electrons. The molecule has 0 bridgehead atoms. The topological polar surface area (TPSA) is 67.4 Å². The number of ether oxygens (including phenoxy) is 1. The molecule has 3 aromatic carbocycles. The van der Waals surface area contributed by atoms with Gasteiger partial charge in [0.2, 0.25) is 5.91 Å². The lowest BCUT2D eigenvalue weighted by Crippen LogP contribution is -2.31. The van der Waals surface area contributed by atoms with Gasteiger partial charge in [-0.15, -0.1) is 0 Å². The molecule has 0 aromatic heterocycles. The van der Waals surface area contributed by atoms with Crippen LogP contribution >= 0.6 is 0 Å². The third-order valence-electron chi connectivity index (χ3n) is 4.17. The first-order chi connectivity index (χ1) is 13.5. The molecule has 0 heterocycles. The molecule has 0 aliphatic rings. The molecule has 0 radical (unpaired) electrons. The molecule has 2 N–H and O–H groups in total. The third-order valence-corrected chi connectivity index (χ3v) is 4.17. The number of hydrogen-bond acceptors (Lipinski definition) is 4. The Bertz CT molecular complexity index is 936. The van der Waals surface area contributed by atoms with E-state index in [9.17, 15) is 9.59 Å². The second kappa shape index (κ2) is 8.86. The SMILES string of the molecule is CC(=O)c1ccc(NC(=O)[C@H](C)Nc2ccc(Oc3ccccc3)cc2)cc1. The summed E-state index contributed by atoms with van der Waals surface area (Å²) < 4.78 is 5.76.